The number of fused-ring (bicyclic) bond motifs is 1. The fraction of sp³-hybridized carbons (Fsp3) is 0.273. The van der Waals surface area contributed by atoms with Crippen LogP contribution in [0.2, 0.25) is 0 Å². The number of carbonyl (C=O) groups is 2. The zero-order chi connectivity index (χ0) is 18.7. The molecule has 1 amide bonds. The van der Waals surface area contributed by atoms with E-state index in [2.05, 4.69) is 0 Å². The summed E-state index contributed by atoms with van der Waals surface area (Å²) in [7, 11) is 0. The molecule has 0 aliphatic carbocycles. The number of amides is 1. The average Bonchev–Trinajstić information content (AvgIpc) is 2.84. The Morgan fingerprint density at radius 1 is 1.08 bits per heavy atom. The third-order valence-corrected chi connectivity index (χ3v) is 4.86. The molecule has 0 bridgehead atoms. The highest BCUT2D eigenvalue weighted by molar-refractivity contribution is 6.09. The number of rotatable bonds is 6. The second kappa shape index (κ2) is 7.16. The van der Waals surface area contributed by atoms with Crippen LogP contribution < -0.4 is 4.90 Å². The van der Waals surface area contributed by atoms with Crippen molar-refractivity contribution in [3.8, 4) is 0 Å². The van der Waals surface area contributed by atoms with Gasteiger partial charge in [0.05, 0.1) is 18.4 Å². The molecule has 2 aromatic rings. The van der Waals surface area contributed by atoms with Crippen LogP contribution in [-0.4, -0.2) is 17.0 Å². The minimum absolute atomic E-state index is 0.137. The highest BCUT2D eigenvalue weighted by Crippen LogP contribution is 2.47. The third-order valence-electron chi connectivity index (χ3n) is 4.86. The molecule has 3 rings (SSSR count). The van der Waals surface area contributed by atoms with Gasteiger partial charge in [-0.05, 0) is 37.5 Å². The van der Waals surface area contributed by atoms with Crippen molar-refractivity contribution in [1.82, 2.24) is 0 Å². The van der Waals surface area contributed by atoms with Gasteiger partial charge >= 0.3 is 5.97 Å². The highest BCUT2D eigenvalue weighted by Gasteiger charge is 2.51. The lowest BCUT2D eigenvalue weighted by atomic mass is 9.75. The van der Waals surface area contributed by atoms with E-state index in [-0.39, 0.29) is 12.3 Å². The summed E-state index contributed by atoms with van der Waals surface area (Å²) in [5.74, 6) is -1.10. The summed E-state index contributed by atoms with van der Waals surface area (Å²) in [5.41, 5.74) is 2.66. The Balaban J connectivity index is 2.09. The van der Waals surface area contributed by atoms with E-state index in [1.807, 2.05) is 74.5 Å². The summed E-state index contributed by atoms with van der Waals surface area (Å²) < 4.78 is 0. The van der Waals surface area contributed by atoms with Gasteiger partial charge in [-0.15, -0.1) is 0 Å². The molecule has 1 heterocycles. The maximum absolute atomic E-state index is 13.5. The van der Waals surface area contributed by atoms with E-state index in [1.165, 1.54) is 0 Å². The molecule has 0 radical (unpaired) electrons. The summed E-state index contributed by atoms with van der Waals surface area (Å²) in [6, 6.07) is 17.3. The monoisotopic (exact) mass is 349 g/mol. The SMILES string of the molecule is CC(C)=CC[C@@]1(CC(=O)O)C(=O)N(Cc2ccccc2)c2ccccc21. The number of benzene rings is 2. The summed E-state index contributed by atoms with van der Waals surface area (Å²) in [6.45, 7) is 4.36. The second-order valence-electron chi connectivity index (χ2n) is 7.03. The molecular weight excluding hydrogens is 326 g/mol. The fourth-order valence-electron chi connectivity index (χ4n) is 3.60. The van der Waals surface area contributed by atoms with Crippen molar-refractivity contribution in [2.45, 2.75) is 38.6 Å². The molecule has 0 fully saturated rings. The minimum Gasteiger partial charge on any atom is -0.481 e. The van der Waals surface area contributed by atoms with E-state index in [0.29, 0.717) is 13.0 Å². The predicted molar refractivity (Wildman–Crippen MR) is 102 cm³/mol. The number of hydrogen-bond donors (Lipinski definition) is 1. The summed E-state index contributed by atoms with van der Waals surface area (Å²) in [4.78, 5) is 26.8. The first-order valence-electron chi connectivity index (χ1n) is 8.74. The van der Waals surface area contributed by atoms with Crippen molar-refractivity contribution >= 4 is 17.6 Å². The van der Waals surface area contributed by atoms with Gasteiger partial charge in [0, 0.05) is 5.69 Å². The first-order chi connectivity index (χ1) is 12.4. The molecule has 2 aromatic carbocycles. The molecular formula is C22H23NO3. The first kappa shape index (κ1) is 17.9. The van der Waals surface area contributed by atoms with Crippen molar-refractivity contribution in [3.63, 3.8) is 0 Å². The number of allylic oxidation sites excluding steroid dienone is 2. The Hall–Kier alpha value is -2.88. The molecule has 26 heavy (non-hydrogen) atoms. The Bertz CT molecular complexity index is 853. The average molecular weight is 349 g/mol. The molecule has 1 aliphatic rings. The molecule has 1 atom stereocenters. The maximum atomic E-state index is 13.5. The normalized spacial score (nSPS) is 18.5. The van der Waals surface area contributed by atoms with Gasteiger partial charge in [0.2, 0.25) is 5.91 Å². The lowest BCUT2D eigenvalue weighted by Gasteiger charge is -2.26. The van der Waals surface area contributed by atoms with E-state index in [9.17, 15) is 14.7 Å². The second-order valence-corrected chi connectivity index (χ2v) is 7.03. The fourth-order valence-corrected chi connectivity index (χ4v) is 3.60. The first-order valence-corrected chi connectivity index (χ1v) is 8.74. The number of anilines is 1. The van der Waals surface area contributed by atoms with Crippen LogP contribution in [0.25, 0.3) is 0 Å². The topological polar surface area (TPSA) is 57.6 Å². The molecule has 4 heteroatoms. The van der Waals surface area contributed by atoms with Crippen LogP contribution in [0.1, 0.15) is 37.8 Å². The van der Waals surface area contributed by atoms with E-state index >= 15 is 0 Å². The number of carboxylic acid groups (broad SMARTS) is 1. The van der Waals surface area contributed by atoms with Crippen LogP contribution in [0.15, 0.2) is 66.2 Å². The van der Waals surface area contributed by atoms with Gasteiger partial charge in [-0.2, -0.15) is 0 Å². The van der Waals surface area contributed by atoms with Crippen LogP contribution in [0.5, 0.6) is 0 Å². The summed E-state index contributed by atoms with van der Waals surface area (Å²) >= 11 is 0. The van der Waals surface area contributed by atoms with Crippen molar-refractivity contribution in [2.75, 3.05) is 4.90 Å². The number of para-hydroxylation sites is 1. The van der Waals surface area contributed by atoms with Crippen molar-refractivity contribution in [2.24, 2.45) is 0 Å². The van der Waals surface area contributed by atoms with Gasteiger partial charge in [-0.25, -0.2) is 0 Å². The van der Waals surface area contributed by atoms with Crippen molar-refractivity contribution in [1.29, 1.82) is 0 Å². The number of carboxylic acids is 1. The molecule has 134 valence electrons. The van der Waals surface area contributed by atoms with E-state index in [1.54, 1.807) is 4.90 Å². The number of aliphatic carboxylic acids is 1. The summed E-state index contributed by atoms with van der Waals surface area (Å²) in [6.07, 6.45) is 2.14. The molecule has 0 saturated heterocycles. The van der Waals surface area contributed by atoms with Gasteiger partial charge in [0.1, 0.15) is 0 Å². The van der Waals surface area contributed by atoms with Crippen LogP contribution in [0.3, 0.4) is 0 Å². The summed E-state index contributed by atoms with van der Waals surface area (Å²) in [5, 5.41) is 9.53. The number of carbonyl (C=O) groups excluding carboxylic acids is 1. The van der Waals surface area contributed by atoms with Gasteiger partial charge in [-0.1, -0.05) is 60.2 Å². The van der Waals surface area contributed by atoms with E-state index in [0.717, 1.165) is 22.4 Å². The molecule has 1 aliphatic heterocycles. The van der Waals surface area contributed by atoms with Crippen LogP contribution in [0.4, 0.5) is 5.69 Å². The number of nitrogens with zero attached hydrogens (tertiary/aromatic N) is 1. The molecule has 1 N–H and O–H groups in total. The quantitative estimate of drug-likeness (QED) is 0.791. The van der Waals surface area contributed by atoms with Gasteiger partial charge in [-0.3, -0.25) is 9.59 Å². The van der Waals surface area contributed by atoms with E-state index in [4.69, 9.17) is 0 Å². The molecule has 4 nitrogen and oxygen atoms in total. The zero-order valence-corrected chi connectivity index (χ0v) is 15.1. The van der Waals surface area contributed by atoms with Crippen molar-refractivity contribution in [3.05, 3.63) is 77.4 Å². The minimum atomic E-state index is -1.05. The number of hydrogen-bond acceptors (Lipinski definition) is 2. The molecule has 0 unspecified atom stereocenters. The highest BCUT2D eigenvalue weighted by atomic mass is 16.4. The smallest absolute Gasteiger partial charge is 0.304 e. The Kier molecular flexibility index (Phi) is 4.94. The molecule has 0 saturated carbocycles. The standard InChI is InChI=1S/C22H23NO3/c1-16(2)12-13-22(14-20(24)25)18-10-6-7-11-19(18)23(21(22)26)15-17-8-4-3-5-9-17/h3-12H,13-15H2,1-2H3,(H,24,25)/t22-/m0/s1. The van der Waals surface area contributed by atoms with E-state index < -0.39 is 11.4 Å². The lowest BCUT2D eigenvalue weighted by molar-refractivity contribution is -0.141. The van der Waals surface area contributed by atoms with Gasteiger partial charge in [0.25, 0.3) is 0 Å². The van der Waals surface area contributed by atoms with Gasteiger partial charge in [0.15, 0.2) is 0 Å². The van der Waals surface area contributed by atoms with Crippen molar-refractivity contribution < 1.29 is 14.7 Å². The molecule has 0 spiro atoms. The molecule has 0 aromatic heterocycles. The third kappa shape index (κ3) is 3.27. The van der Waals surface area contributed by atoms with Crippen LogP contribution >= 0.6 is 0 Å². The van der Waals surface area contributed by atoms with Crippen LogP contribution in [0, 0.1) is 0 Å². The zero-order valence-electron chi connectivity index (χ0n) is 15.1. The largest absolute Gasteiger partial charge is 0.481 e. The van der Waals surface area contributed by atoms with Crippen LogP contribution in [-0.2, 0) is 21.5 Å². The Labute approximate surface area is 153 Å². The lowest BCUT2D eigenvalue weighted by Crippen LogP contribution is -2.41. The maximum Gasteiger partial charge on any atom is 0.304 e. The predicted octanol–water partition coefficient (Wildman–Crippen LogP) is 4.30. The Morgan fingerprint density at radius 3 is 2.38 bits per heavy atom. The Morgan fingerprint density at radius 2 is 1.73 bits per heavy atom. The van der Waals surface area contributed by atoms with Gasteiger partial charge < -0.3 is 10.0 Å².